The average molecular weight is 280 g/mol. The van der Waals surface area contributed by atoms with Crippen LogP contribution in [0.5, 0.6) is 0 Å². The third-order valence-corrected chi connectivity index (χ3v) is 4.20. The number of hydrogen-bond donors (Lipinski definition) is 2. The molecule has 1 unspecified atom stereocenters. The Bertz CT molecular complexity index is 347. The van der Waals surface area contributed by atoms with Crippen molar-refractivity contribution in [3.05, 3.63) is 0 Å². The third-order valence-electron chi connectivity index (χ3n) is 4.20. The molecular formula is C12H19F3N2O2. The summed E-state index contributed by atoms with van der Waals surface area (Å²) in [4.78, 5) is 13.4. The molecule has 110 valence electrons. The van der Waals surface area contributed by atoms with Crippen molar-refractivity contribution < 1.29 is 23.1 Å². The van der Waals surface area contributed by atoms with E-state index in [1.807, 2.05) is 0 Å². The van der Waals surface area contributed by atoms with Gasteiger partial charge in [-0.05, 0) is 31.7 Å². The van der Waals surface area contributed by atoms with Crippen LogP contribution < -0.4 is 5.32 Å². The minimum Gasteiger partial charge on any atom is -0.393 e. The number of halogens is 3. The molecule has 1 aliphatic carbocycles. The summed E-state index contributed by atoms with van der Waals surface area (Å²) < 4.78 is 39.6. The molecule has 0 spiro atoms. The first kappa shape index (κ1) is 14.6. The normalized spacial score (nSPS) is 35.0. The maximum absolute atomic E-state index is 13.2. The van der Waals surface area contributed by atoms with E-state index in [1.165, 1.54) is 11.9 Å². The van der Waals surface area contributed by atoms with Gasteiger partial charge in [-0.2, -0.15) is 13.2 Å². The zero-order valence-corrected chi connectivity index (χ0v) is 10.8. The van der Waals surface area contributed by atoms with Crippen molar-refractivity contribution in [2.45, 2.75) is 31.5 Å². The molecule has 19 heavy (non-hydrogen) atoms. The van der Waals surface area contributed by atoms with Gasteiger partial charge in [0.15, 0.2) is 5.41 Å². The van der Waals surface area contributed by atoms with E-state index in [-0.39, 0.29) is 38.1 Å². The fourth-order valence-corrected chi connectivity index (χ4v) is 2.92. The first-order valence-corrected chi connectivity index (χ1v) is 6.47. The summed E-state index contributed by atoms with van der Waals surface area (Å²) in [6.45, 7) is 0.155. The molecule has 1 atom stereocenters. The highest BCUT2D eigenvalue weighted by molar-refractivity contribution is 5.84. The summed E-state index contributed by atoms with van der Waals surface area (Å²) in [5, 5.41) is 11.8. The molecule has 0 bridgehead atoms. The number of carbonyl (C=O) groups is 1. The Labute approximate surface area is 110 Å². The van der Waals surface area contributed by atoms with Crippen molar-refractivity contribution in [2.24, 2.45) is 11.3 Å². The predicted molar refractivity (Wildman–Crippen MR) is 62.3 cm³/mol. The van der Waals surface area contributed by atoms with E-state index in [2.05, 4.69) is 5.32 Å². The van der Waals surface area contributed by atoms with Gasteiger partial charge in [0.1, 0.15) is 0 Å². The van der Waals surface area contributed by atoms with Gasteiger partial charge in [0.25, 0.3) is 0 Å². The monoisotopic (exact) mass is 280 g/mol. The van der Waals surface area contributed by atoms with E-state index in [0.717, 1.165) is 0 Å². The van der Waals surface area contributed by atoms with Crippen LogP contribution in [0.15, 0.2) is 0 Å². The van der Waals surface area contributed by atoms with Gasteiger partial charge in [0, 0.05) is 20.1 Å². The molecule has 7 heteroatoms. The smallest absolute Gasteiger partial charge is 0.393 e. The molecule has 1 saturated heterocycles. The highest BCUT2D eigenvalue weighted by Gasteiger charge is 2.62. The number of alkyl halides is 3. The van der Waals surface area contributed by atoms with Crippen molar-refractivity contribution >= 4 is 5.91 Å². The van der Waals surface area contributed by atoms with Crippen LogP contribution in [0.25, 0.3) is 0 Å². The molecule has 4 nitrogen and oxygen atoms in total. The van der Waals surface area contributed by atoms with Crippen LogP contribution in [-0.4, -0.2) is 54.9 Å². The van der Waals surface area contributed by atoms with Crippen LogP contribution in [-0.2, 0) is 4.79 Å². The topological polar surface area (TPSA) is 52.6 Å². The summed E-state index contributed by atoms with van der Waals surface area (Å²) in [6, 6.07) is 0. The van der Waals surface area contributed by atoms with Crippen LogP contribution >= 0.6 is 0 Å². The van der Waals surface area contributed by atoms with Crippen molar-refractivity contribution in [3.8, 4) is 0 Å². The van der Waals surface area contributed by atoms with Crippen molar-refractivity contribution in [2.75, 3.05) is 26.7 Å². The summed E-state index contributed by atoms with van der Waals surface area (Å²) in [6.07, 6.45) is -3.96. The lowest BCUT2D eigenvalue weighted by Gasteiger charge is -2.38. The van der Waals surface area contributed by atoms with Gasteiger partial charge in [-0.15, -0.1) is 0 Å². The maximum Gasteiger partial charge on any atom is 0.404 e. The predicted octanol–water partition coefficient (Wildman–Crippen LogP) is 0.758. The molecular weight excluding hydrogens is 261 g/mol. The van der Waals surface area contributed by atoms with Gasteiger partial charge in [-0.25, -0.2) is 0 Å². The number of aliphatic hydroxyl groups excluding tert-OH is 1. The number of aliphatic hydroxyl groups is 1. The fraction of sp³-hybridized carbons (Fsp3) is 0.917. The second kappa shape index (κ2) is 4.94. The first-order chi connectivity index (χ1) is 8.76. The molecule has 0 aromatic rings. The summed E-state index contributed by atoms with van der Waals surface area (Å²) in [5.74, 6) is -0.741. The van der Waals surface area contributed by atoms with Gasteiger partial charge in [-0.3, -0.25) is 4.79 Å². The van der Waals surface area contributed by atoms with Gasteiger partial charge in [0.05, 0.1) is 6.10 Å². The molecule has 0 aromatic carbocycles. The van der Waals surface area contributed by atoms with Crippen molar-refractivity contribution in [1.82, 2.24) is 10.2 Å². The van der Waals surface area contributed by atoms with E-state index in [4.69, 9.17) is 5.11 Å². The van der Waals surface area contributed by atoms with Crippen LogP contribution in [0.4, 0.5) is 13.2 Å². The number of hydrogen-bond acceptors (Lipinski definition) is 3. The summed E-state index contributed by atoms with van der Waals surface area (Å²) >= 11 is 0. The molecule has 2 rings (SSSR count). The number of carbonyl (C=O) groups excluding carboxylic acids is 1. The van der Waals surface area contributed by atoms with Crippen LogP contribution in [0, 0.1) is 11.3 Å². The van der Waals surface area contributed by atoms with E-state index in [9.17, 15) is 18.0 Å². The largest absolute Gasteiger partial charge is 0.404 e. The zero-order chi connectivity index (χ0) is 14.3. The first-order valence-electron chi connectivity index (χ1n) is 6.47. The molecule has 2 N–H and O–H groups in total. The lowest BCUT2D eigenvalue weighted by molar-refractivity contribution is -0.221. The van der Waals surface area contributed by atoms with Crippen LogP contribution in [0.3, 0.4) is 0 Å². The highest BCUT2D eigenvalue weighted by Crippen LogP contribution is 2.44. The Balaban J connectivity index is 2.03. The Morgan fingerprint density at radius 3 is 2.53 bits per heavy atom. The lowest BCUT2D eigenvalue weighted by Crippen LogP contribution is -2.54. The molecule has 1 aliphatic heterocycles. The minimum atomic E-state index is -4.53. The second-order valence-corrected chi connectivity index (χ2v) is 5.68. The molecule has 1 amide bonds. The zero-order valence-electron chi connectivity index (χ0n) is 10.8. The Hall–Kier alpha value is -0.820. The van der Waals surface area contributed by atoms with Gasteiger partial charge in [-0.1, -0.05) is 0 Å². The quantitative estimate of drug-likeness (QED) is 0.802. The average Bonchev–Trinajstić information content (AvgIpc) is 2.75. The molecule has 1 saturated carbocycles. The molecule has 2 aliphatic rings. The molecule has 0 aromatic heterocycles. The van der Waals surface area contributed by atoms with Crippen molar-refractivity contribution in [1.29, 1.82) is 0 Å². The van der Waals surface area contributed by atoms with Gasteiger partial charge >= 0.3 is 6.18 Å². The number of amides is 1. The Morgan fingerprint density at radius 2 is 2.11 bits per heavy atom. The molecule has 2 fully saturated rings. The maximum atomic E-state index is 13.2. The lowest BCUT2D eigenvalue weighted by atomic mass is 9.80. The van der Waals surface area contributed by atoms with Crippen LogP contribution in [0.1, 0.15) is 19.3 Å². The molecule has 0 radical (unpaired) electrons. The van der Waals surface area contributed by atoms with E-state index in [1.54, 1.807) is 0 Å². The van der Waals surface area contributed by atoms with Crippen molar-refractivity contribution in [3.63, 3.8) is 0 Å². The number of nitrogens with zero attached hydrogens (tertiary/aromatic N) is 1. The Morgan fingerprint density at radius 1 is 1.47 bits per heavy atom. The summed E-state index contributed by atoms with van der Waals surface area (Å²) in [5.41, 5.74) is -2.27. The highest BCUT2D eigenvalue weighted by atomic mass is 19.4. The van der Waals surface area contributed by atoms with Gasteiger partial charge < -0.3 is 15.3 Å². The SMILES string of the molecule is CN(CC1CC(O)C1)C(=O)C1(C(F)(F)F)CCNC1. The summed E-state index contributed by atoms with van der Waals surface area (Å²) in [7, 11) is 1.42. The van der Waals surface area contributed by atoms with Crippen LogP contribution in [0.2, 0.25) is 0 Å². The minimum absolute atomic E-state index is 0.114. The third kappa shape index (κ3) is 2.58. The molecule has 1 heterocycles. The fourth-order valence-electron chi connectivity index (χ4n) is 2.92. The van der Waals surface area contributed by atoms with E-state index in [0.29, 0.717) is 12.8 Å². The van der Waals surface area contributed by atoms with E-state index >= 15 is 0 Å². The second-order valence-electron chi connectivity index (χ2n) is 5.68. The number of nitrogens with one attached hydrogen (secondary N) is 1. The van der Waals surface area contributed by atoms with E-state index < -0.39 is 17.5 Å². The van der Waals surface area contributed by atoms with Gasteiger partial charge in [0.2, 0.25) is 5.91 Å². The Kier molecular flexibility index (Phi) is 3.79. The number of rotatable bonds is 3. The standard InChI is InChI=1S/C12H19F3N2O2/c1-17(6-8-4-9(18)5-8)10(19)11(12(13,14)15)2-3-16-7-11/h8-9,16,18H,2-7H2,1H3.